The number of hydrogen-bond donors (Lipinski definition) is 5. The molecule has 0 aliphatic carbocycles. The standard InChI is InChI=1S/C18H31N5O3S/c1-6-19-15(5)22-14(4)18(25)23-16-11-27(26)10-9-20-17(24)8-7-12(2)21-13(16)3/h7-8,12,14,16,19,21-22H,3,5-6,9-11H2,1-2,4H3,(H,20,24)(H,23,25)/b8-7+/t12-,14-,16-,27?/m0/s1. The molecular weight excluding hydrogens is 366 g/mol. The number of carbonyl (C=O) groups excluding carboxylic acids is 2. The lowest BCUT2D eigenvalue weighted by atomic mass is 10.2. The van der Waals surface area contributed by atoms with Crippen LogP contribution in [0.5, 0.6) is 0 Å². The molecule has 152 valence electrons. The van der Waals surface area contributed by atoms with E-state index in [-0.39, 0.29) is 23.6 Å². The number of hydrogen-bond acceptors (Lipinski definition) is 6. The largest absolute Gasteiger partial charge is 0.616 e. The Balaban J connectivity index is 2.79. The van der Waals surface area contributed by atoms with Gasteiger partial charge in [-0.05, 0) is 31.9 Å². The number of nitrogens with one attached hydrogen (secondary N) is 5. The Labute approximate surface area is 164 Å². The van der Waals surface area contributed by atoms with Gasteiger partial charge in [-0.15, -0.1) is 0 Å². The van der Waals surface area contributed by atoms with Gasteiger partial charge in [0.15, 0.2) is 0 Å². The number of amides is 2. The van der Waals surface area contributed by atoms with E-state index in [1.165, 1.54) is 6.08 Å². The summed E-state index contributed by atoms with van der Waals surface area (Å²) in [6, 6.07) is -1.18. The molecule has 1 aliphatic heterocycles. The normalized spacial score (nSPS) is 26.3. The quantitative estimate of drug-likeness (QED) is 0.384. The maximum absolute atomic E-state index is 12.5. The minimum Gasteiger partial charge on any atom is -0.616 e. The highest BCUT2D eigenvalue weighted by Crippen LogP contribution is 2.06. The van der Waals surface area contributed by atoms with Crippen molar-refractivity contribution in [2.24, 2.45) is 0 Å². The highest BCUT2D eigenvalue weighted by Gasteiger charge is 2.25. The van der Waals surface area contributed by atoms with E-state index in [9.17, 15) is 14.1 Å². The zero-order valence-corrected chi connectivity index (χ0v) is 17.1. The number of carbonyl (C=O) groups is 2. The van der Waals surface area contributed by atoms with E-state index in [2.05, 4.69) is 39.7 Å². The van der Waals surface area contributed by atoms with Crippen LogP contribution >= 0.6 is 0 Å². The molecule has 0 aromatic rings. The fourth-order valence-corrected chi connectivity index (χ4v) is 3.56. The third-order valence-corrected chi connectivity index (χ3v) is 5.21. The van der Waals surface area contributed by atoms with Crippen LogP contribution in [0.2, 0.25) is 0 Å². The highest BCUT2D eigenvalue weighted by atomic mass is 32.2. The van der Waals surface area contributed by atoms with Gasteiger partial charge < -0.3 is 31.1 Å². The van der Waals surface area contributed by atoms with Crippen LogP contribution in [0.4, 0.5) is 0 Å². The summed E-state index contributed by atoms with van der Waals surface area (Å²) in [7, 11) is 0. The van der Waals surface area contributed by atoms with Crippen molar-refractivity contribution in [2.45, 2.75) is 38.9 Å². The van der Waals surface area contributed by atoms with Crippen molar-refractivity contribution in [3.63, 3.8) is 0 Å². The third-order valence-electron chi connectivity index (χ3n) is 3.84. The molecule has 0 aromatic heterocycles. The van der Waals surface area contributed by atoms with E-state index < -0.39 is 23.3 Å². The summed E-state index contributed by atoms with van der Waals surface area (Å²) in [4.78, 5) is 24.2. The Morgan fingerprint density at radius 3 is 2.89 bits per heavy atom. The molecule has 9 heteroatoms. The first-order valence-corrected chi connectivity index (χ1v) is 10.5. The summed E-state index contributed by atoms with van der Waals surface area (Å²) in [6.45, 7) is 14.3. The van der Waals surface area contributed by atoms with Crippen LogP contribution in [0, 0.1) is 0 Å². The van der Waals surface area contributed by atoms with E-state index in [0.29, 0.717) is 30.4 Å². The minimum absolute atomic E-state index is 0.167. The van der Waals surface area contributed by atoms with E-state index in [0.717, 1.165) is 0 Å². The van der Waals surface area contributed by atoms with Crippen molar-refractivity contribution in [1.29, 1.82) is 0 Å². The van der Waals surface area contributed by atoms with Gasteiger partial charge in [0.25, 0.3) is 0 Å². The fraction of sp³-hybridized carbons (Fsp3) is 0.556. The highest BCUT2D eigenvalue weighted by molar-refractivity contribution is 7.91. The molecule has 0 saturated carbocycles. The first kappa shape index (κ1) is 22.9. The van der Waals surface area contributed by atoms with Gasteiger partial charge >= 0.3 is 0 Å². The molecule has 5 N–H and O–H groups in total. The molecule has 0 radical (unpaired) electrons. The van der Waals surface area contributed by atoms with Gasteiger partial charge in [0.05, 0.1) is 12.4 Å². The molecule has 0 spiro atoms. The molecule has 1 rings (SSSR count). The molecule has 0 aromatic carbocycles. The second kappa shape index (κ2) is 11.6. The lowest BCUT2D eigenvalue weighted by Crippen LogP contribution is -2.52. The topological polar surface area (TPSA) is 117 Å². The van der Waals surface area contributed by atoms with Crippen molar-refractivity contribution in [2.75, 3.05) is 24.6 Å². The SMILES string of the molecule is C=C(NCC)N[C@@H](C)C(=O)N[C@H]1C[S+]([O-])CCNC(=O)/C=C/[C@H](C)NC1=C. The van der Waals surface area contributed by atoms with E-state index >= 15 is 0 Å². The second-order valence-electron chi connectivity index (χ2n) is 6.36. The van der Waals surface area contributed by atoms with Crippen molar-refractivity contribution in [3.8, 4) is 0 Å². The van der Waals surface area contributed by atoms with Crippen molar-refractivity contribution < 1.29 is 14.1 Å². The first-order valence-electron chi connectivity index (χ1n) is 8.99. The summed E-state index contributed by atoms with van der Waals surface area (Å²) in [5, 5.41) is 14.7. The summed E-state index contributed by atoms with van der Waals surface area (Å²) in [5.41, 5.74) is 0.549. The summed E-state index contributed by atoms with van der Waals surface area (Å²) >= 11 is -1.23. The monoisotopic (exact) mass is 397 g/mol. The average Bonchev–Trinajstić information content (AvgIpc) is 2.58. The molecule has 1 heterocycles. The van der Waals surface area contributed by atoms with Crippen LogP contribution in [0.15, 0.2) is 36.8 Å². The third kappa shape index (κ3) is 8.87. The van der Waals surface area contributed by atoms with E-state index in [1.807, 2.05) is 13.8 Å². The first-order chi connectivity index (χ1) is 12.7. The lowest BCUT2D eigenvalue weighted by molar-refractivity contribution is -0.123. The fourth-order valence-electron chi connectivity index (χ4n) is 2.41. The molecule has 8 nitrogen and oxygen atoms in total. The van der Waals surface area contributed by atoms with Gasteiger partial charge in [0.1, 0.15) is 23.6 Å². The molecule has 2 amide bonds. The summed E-state index contributed by atoms with van der Waals surface area (Å²) in [6.07, 6.45) is 3.14. The van der Waals surface area contributed by atoms with Gasteiger partial charge in [-0.2, -0.15) is 0 Å². The average molecular weight is 398 g/mol. The second-order valence-corrected chi connectivity index (χ2v) is 7.98. The molecule has 4 atom stereocenters. The van der Waals surface area contributed by atoms with Crippen molar-refractivity contribution in [3.05, 3.63) is 36.8 Å². The maximum atomic E-state index is 12.5. The Hall–Kier alpha value is -2.13. The van der Waals surface area contributed by atoms with Gasteiger partial charge in [-0.1, -0.05) is 19.2 Å². The van der Waals surface area contributed by atoms with Crippen LogP contribution < -0.4 is 26.6 Å². The Bertz CT molecular complexity index is 581. The Morgan fingerprint density at radius 2 is 2.22 bits per heavy atom. The van der Waals surface area contributed by atoms with Crippen LogP contribution in [-0.2, 0) is 20.8 Å². The molecule has 0 fully saturated rings. The van der Waals surface area contributed by atoms with Crippen LogP contribution in [-0.4, -0.2) is 59.1 Å². The zero-order valence-electron chi connectivity index (χ0n) is 16.3. The maximum Gasteiger partial charge on any atom is 0.243 e. The van der Waals surface area contributed by atoms with Crippen molar-refractivity contribution in [1.82, 2.24) is 26.6 Å². The van der Waals surface area contributed by atoms with Gasteiger partial charge in [0.2, 0.25) is 11.8 Å². The summed E-state index contributed by atoms with van der Waals surface area (Å²) in [5.74, 6) is 0.610. The predicted molar refractivity (Wildman–Crippen MR) is 109 cm³/mol. The predicted octanol–water partition coefficient (Wildman–Crippen LogP) is -0.543. The van der Waals surface area contributed by atoms with Crippen LogP contribution in [0.3, 0.4) is 0 Å². The van der Waals surface area contributed by atoms with Crippen molar-refractivity contribution >= 4 is 23.0 Å². The van der Waals surface area contributed by atoms with E-state index in [4.69, 9.17) is 0 Å². The molecule has 1 unspecified atom stereocenters. The molecule has 0 bridgehead atoms. The number of rotatable bonds is 6. The Kier molecular flexibility index (Phi) is 9.81. The molecule has 27 heavy (non-hydrogen) atoms. The van der Waals surface area contributed by atoms with Crippen LogP contribution in [0.1, 0.15) is 20.8 Å². The molecule has 1 aliphatic rings. The summed E-state index contributed by atoms with van der Waals surface area (Å²) < 4.78 is 12.3. The van der Waals surface area contributed by atoms with Gasteiger partial charge in [-0.3, -0.25) is 9.59 Å². The lowest BCUT2D eigenvalue weighted by Gasteiger charge is -2.27. The smallest absolute Gasteiger partial charge is 0.243 e. The van der Waals surface area contributed by atoms with Gasteiger partial charge in [-0.25, -0.2) is 0 Å². The van der Waals surface area contributed by atoms with Crippen LogP contribution in [0.25, 0.3) is 0 Å². The zero-order chi connectivity index (χ0) is 20.4. The molecule has 0 saturated heterocycles. The Morgan fingerprint density at radius 1 is 1.52 bits per heavy atom. The van der Waals surface area contributed by atoms with E-state index in [1.54, 1.807) is 13.0 Å². The van der Waals surface area contributed by atoms with Gasteiger partial charge in [0, 0.05) is 24.4 Å². The molecular formula is C18H31N5O3S. The minimum atomic E-state index is -1.23.